The van der Waals surface area contributed by atoms with Crippen molar-refractivity contribution < 1.29 is 18.3 Å². The summed E-state index contributed by atoms with van der Waals surface area (Å²) in [7, 11) is -3.63. The molecular weight excluding hydrogens is 304 g/mol. The third-order valence-electron chi connectivity index (χ3n) is 3.63. The first-order valence-electron chi connectivity index (χ1n) is 7.41. The maximum atomic E-state index is 12.5. The summed E-state index contributed by atoms with van der Waals surface area (Å²) in [6.45, 7) is 7.87. The standard InChI is InChI=1S/C15H24N2O4S/c1-5-11(4)15(19)16-13-10-12(8-9-14(13)18)22(20,21)17(6-2)7-3/h8-11,18H,5-7H2,1-4H3,(H,16,19)/t11-/m0/s1. The van der Waals surface area contributed by atoms with E-state index in [1.807, 2.05) is 6.92 Å². The molecule has 0 unspecified atom stereocenters. The summed E-state index contributed by atoms with van der Waals surface area (Å²) in [5.74, 6) is -0.632. The third kappa shape index (κ3) is 3.98. The van der Waals surface area contributed by atoms with Crippen LogP contribution in [0.5, 0.6) is 5.75 Å². The summed E-state index contributed by atoms with van der Waals surface area (Å²) in [4.78, 5) is 12.0. The predicted molar refractivity (Wildman–Crippen MR) is 86.3 cm³/mol. The Morgan fingerprint density at radius 1 is 1.27 bits per heavy atom. The van der Waals surface area contributed by atoms with Crippen molar-refractivity contribution >= 4 is 21.6 Å². The van der Waals surface area contributed by atoms with Crippen molar-refractivity contribution in [3.8, 4) is 5.75 Å². The van der Waals surface area contributed by atoms with E-state index in [-0.39, 0.29) is 28.2 Å². The first-order chi connectivity index (χ1) is 10.3. The van der Waals surface area contributed by atoms with Crippen LogP contribution in [0.15, 0.2) is 23.1 Å². The molecule has 0 aliphatic carbocycles. The quantitative estimate of drug-likeness (QED) is 0.753. The van der Waals surface area contributed by atoms with Crippen LogP contribution >= 0.6 is 0 Å². The fraction of sp³-hybridized carbons (Fsp3) is 0.533. The molecule has 6 nitrogen and oxygen atoms in total. The van der Waals surface area contributed by atoms with E-state index in [1.165, 1.54) is 22.5 Å². The van der Waals surface area contributed by atoms with Gasteiger partial charge in [-0.05, 0) is 24.6 Å². The second-order valence-electron chi connectivity index (χ2n) is 5.07. The van der Waals surface area contributed by atoms with Crippen molar-refractivity contribution in [1.82, 2.24) is 4.31 Å². The van der Waals surface area contributed by atoms with Crippen LogP contribution in [0, 0.1) is 5.92 Å². The molecule has 1 atom stereocenters. The van der Waals surface area contributed by atoms with Crippen molar-refractivity contribution in [2.75, 3.05) is 18.4 Å². The van der Waals surface area contributed by atoms with Gasteiger partial charge in [0.15, 0.2) is 0 Å². The predicted octanol–water partition coefficient (Wildman–Crippen LogP) is 2.41. The van der Waals surface area contributed by atoms with E-state index in [2.05, 4.69) is 5.32 Å². The number of benzene rings is 1. The van der Waals surface area contributed by atoms with E-state index in [1.54, 1.807) is 20.8 Å². The van der Waals surface area contributed by atoms with Crippen LogP contribution in [0.3, 0.4) is 0 Å². The first-order valence-corrected chi connectivity index (χ1v) is 8.85. The largest absolute Gasteiger partial charge is 0.506 e. The molecule has 0 saturated heterocycles. The molecule has 0 heterocycles. The lowest BCUT2D eigenvalue weighted by atomic mass is 10.1. The van der Waals surface area contributed by atoms with E-state index in [0.717, 1.165) is 0 Å². The zero-order chi connectivity index (χ0) is 16.9. The van der Waals surface area contributed by atoms with Gasteiger partial charge in [0.1, 0.15) is 5.75 Å². The highest BCUT2D eigenvalue weighted by Crippen LogP contribution is 2.28. The molecule has 124 valence electrons. The average molecular weight is 328 g/mol. The Kier molecular flexibility index (Phi) is 6.37. The Bertz CT molecular complexity index is 624. The van der Waals surface area contributed by atoms with E-state index < -0.39 is 10.0 Å². The van der Waals surface area contributed by atoms with E-state index >= 15 is 0 Å². The van der Waals surface area contributed by atoms with Crippen LogP contribution in [-0.2, 0) is 14.8 Å². The van der Waals surface area contributed by atoms with Crippen LogP contribution in [0.25, 0.3) is 0 Å². The van der Waals surface area contributed by atoms with Gasteiger partial charge in [0, 0.05) is 19.0 Å². The summed E-state index contributed by atoms with van der Waals surface area (Å²) >= 11 is 0. The number of hydrogen-bond donors (Lipinski definition) is 2. The van der Waals surface area contributed by atoms with Gasteiger partial charge in [-0.25, -0.2) is 8.42 Å². The number of anilines is 1. The van der Waals surface area contributed by atoms with Crippen LogP contribution in [-0.4, -0.2) is 36.8 Å². The highest BCUT2D eigenvalue weighted by atomic mass is 32.2. The van der Waals surface area contributed by atoms with Gasteiger partial charge in [0.2, 0.25) is 15.9 Å². The zero-order valence-electron chi connectivity index (χ0n) is 13.5. The van der Waals surface area contributed by atoms with Crippen LogP contribution < -0.4 is 5.32 Å². The SMILES string of the molecule is CC[C@H](C)C(=O)Nc1cc(S(=O)(=O)N(CC)CC)ccc1O. The normalized spacial score (nSPS) is 13.1. The summed E-state index contributed by atoms with van der Waals surface area (Å²) in [6.07, 6.45) is 0.657. The number of carbonyl (C=O) groups excluding carboxylic acids is 1. The molecule has 0 bridgehead atoms. The Hall–Kier alpha value is -1.60. The van der Waals surface area contributed by atoms with Gasteiger partial charge >= 0.3 is 0 Å². The molecule has 1 amide bonds. The molecule has 22 heavy (non-hydrogen) atoms. The average Bonchev–Trinajstić information content (AvgIpc) is 2.49. The molecule has 7 heteroatoms. The minimum Gasteiger partial charge on any atom is -0.506 e. The lowest BCUT2D eigenvalue weighted by Gasteiger charge is -2.19. The van der Waals surface area contributed by atoms with Crippen LogP contribution in [0.2, 0.25) is 0 Å². The molecule has 0 aromatic heterocycles. The Labute approximate surface area is 132 Å². The minimum atomic E-state index is -3.63. The second kappa shape index (κ2) is 7.60. The number of phenolic OH excluding ortho intramolecular Hbond substituents is 1. The molecule has 0 aliphatic heterocycles. The lowest BCUT2D eigenvalue weighted by molar-refractivity contribution is -0.119. The molecule has 0 fully saturated rings. The molecule has 1 aromatic carbocycles. The number of hydrogen-bond acceptors (Lipinski definition) is 4. The summed E-state index contributed by atoms with van der Waals surface area (Å²) in [5.41, 5.74) is 0.110. The molecule has 1 rings (SSSR count). The monoisotopic (exact) mass is 328 g/mol. The van der Waals surface area contributed by atoms with Gasteiger partial charge in [-0.1, -0.05) is 27.7 Å². The first kappa shape index (κ1) is 18.4. The molecule has 1 aromatic rings. The molecular formula is C15H24N2O4S. The molecule has 2 N–H and O–H groups in total. The topological polar surface area (TPSA) is 86.7 Å². The number of rotatable bonds is 7. The highest BCUT2D eigenvalue weighted by Gasteiger charge is 2.23. The minimum absolute atomic E-state index is 0.0495. The summed E-state index contributed by atoms with van der Waals surface area (Å²) in [5, 5.41) is 12.4. The van der Waals surface area contributed by atoms with Crippen molar-refractivity contribution in [1.29, 1.82) is 0 Å². The van der Waals surface area contributed by atoms with Crippen molar-refractivity contribution in [2.24, 2.45) is 5.92 Å². The second-order valence-corrected chi connectivity index (χ2v) is 7.00. The van der Waals surface area contributed by atoms with Crippen LogP contribution in [0.1, 0.15) is 34.1 Å². The smallest absolute Gasteiger partial charge is 0.243 e. The number of sulfonamides is 1. The maximum absolute atomic E-state index is 12.5. The van der Waals surface area contributed by atoms with Gasteiger partial charge in [-0.3, -0.25) is 4.79 Å². The fourth-order valence-electron chi connectivity index (χ4n) is 1.93. The number of nitrogens with zero attached hydrogens (tertiary/aromatic N) is 1. The highest BCUT2D eigenvalue weighted by molar-refractivity contribution is 7.89. The van der Waals surface area contributed by atoms with Crippen molar-refractivity contribution in [3.05, 3.63) is 18.2 Å². The van der Waals surface area contributed by atoms with E-state index in [4.69, 9.17) is 0 Å². The molecule has 0 spiro atoms. The lowest BCUT2D eigenvalue weighted by Crippen LogP contribution is -2.30. The molecule has 0 aliphatic rings. The molecule has 0 saturated carbocycles. The van der Waals surface area contributed by atoms with E-state index in [0.29, 0.717) is 19.5 Å². The van der Waals surface area contributed by atoms with Crippen molar-refractivity contribution in [3.63, 3.8) is 0 Å². The van der Waals surface area contributed by atoms with Gasteiger partial charge in [0.05, 0.1) is 10.6 Å². The Morgan fingerprint density at radius 2 is 1.86 bits per heavy atom. The number of nitrogens with one attached hydrogen (secondary N) is 1. The van der Waals surface area contributed by atoms with Gasteiger partial charge < -0.3 is 10.4 Å². The Balaban J connectivity index is 3.17. The number of carbonyl (C=O) groups is 1. The van der Waals surface area contributed by atoms with Gasteiger partial charge in [0.25, 0.3) is 0 Å². The number of amides is 1. The molecule has 0 radical (unpaired) electrons. The summed E-state index contributed by atoms with van der Waals surface area (Å²) in [6, 6.07) is 3.91. The van der Waals surface area contributed by atoms with Gasteiger partial charge in [-0.15, -0.1) is 0 Å². The zero-order valence-corrected chi connectivity index (χ0v) is 14.3. The summed E-state index contributed by atoms with van der Waals surface area (Å²) < 4.78 is 26.2. The Morgan fingerprint density at radius 3 is 2.36 bits per heavy atom. The maximum Gasteiger partial charge on any atom is 0.243 e. The van der Waals surface area contributed by atoms with Crippen LogP contribution in [0.4, 0.5) is 5.69 Å². The van der Waals surface area contributed by atoms with Gasteiger partial charge in [-0.2, -0.15) is 4.31 Å². The van der Waals surface area contributed by atoms with Crippen molar-refractivity contribution in [2.45, 2.75) is 39.0 Å². The van der Waals surface area contributed by atoms with E-state index in [9.17, 15) is 18.3 Å². The fourth-order valence-corrected chi connectivity index (χ4v) is 3.41. The third-order valence-corrected chi connectivity index (χ3v) is 5.67. The number of phenols is 1. The number of aromatic hydroxyl groups is 1.